The number of halogens is 1. The number of likely N-dealkylation sites (tertiary alicyclic amines) is 1. The molecule has 0 radical (unpaired) electrons. The van der Waals surface area contributed by atoms with E-state index in [9.17, 15) is 14.6 Å². The molecule has 0 spiro atoms. The summed E-state index contributed by atoms with van der Waals surface area (Å²) in [6, 6.07) is 6.33. The Morgan fingerprint density at radius 3 is 2.95 bits per heavy atom. The van der Waals surface area contributed by atoms with E-state index in [0.29, 0.717) is 12.0 Å². The van der Waals surface area contributed by atoms with Crippen LogP contribution in [0, 0.1) is 5.82 Å². The molecule has 1 aromatic rings. The first-order valence-corrected chi connectivity index (χ1v) is 6.99. The fourth-order valence-electron chi connectivity index (χ4n) is 2.73. The third-order valence-corrected chi connectivity index (χ3v) is 3.88. The van der Waals surface area contributed by atoms with Gasteiger partial charge in [0.15, 0.2) is 0 Å². The van der Waals surface area contributed by atoms with Crippen LogP contribution in [-0.4, -0.2) is 40.9 Å². The van der Waals surface area contributed by atoms with Crippen molar-refractivity contribution in [2.24, 2.45) is 0 Å². The van der Waals surface area contributed by atoms with Gasteiger partial charge < -0.3 is 10.2 Å². The van der Waals surface area contributed by atoms with Gasteiger partial charge in [-0.15, -0.1) is 0 Å². The van der Waals surface area contributed by atoms with Gasteiger partial charge in [0.05, 0.1) is 12.7 Å². The molecule has 4 heteroatoms. The Kier molecular flexibility index (Phi) is 5.31. The van der Waals surface area contributed by atoms with Crippen LogP contribution in [0.3, 0.4) is 0 Å². The maximum absolute atomic E-state index is 13.1. The van der Waals surface area contributed by atoms with Crippen LogP contribution < -0.4 is 0 Å². The molecule has 2 unspecified atom stereocenters. The van der Waals surface area contributed by atoms with Crippen LogP contribution in [0.2, 0.25) is 0 Å². The molecule has 0 amide bonds. The summed E-state index contributed by atoms with van der Waals surface area (Å²) in [6.45, 7) is 1.89. The second-order valence-corrected chi connectivity index (χ2v) is 5.23. The van der Waals surface area contributed by atoms with E-state index < -0.39 is 6.10 Å². The molecule has 2 rings (SSSR count). The first-order chi connectivity index (χ1) is 9.20. The quantitative estimate of drug-likeness (QED) is 0.858. The Hall–Kier alpha value is -0.970. The molecule has 2 atom stereocenters. The summed E-state index contributed by atoms with van der Waals surface area (Å²) in [4.78, 5) is 2.23. The highest BCUT2D eigenvalue weighted by molar-refractivity contribution is 5.18. The van der Waals surface area contributed by atoms with Crippen LogP contribution in [0.4, 0.5) is 4.39 Å². The van der Waals surface area contributed by atoms with Crippen molar-refractivity contribution < 1.29 is 14.6 Å². The molecule has 0 aromatic heterocycles. The Morgan fingerprint density at radius 2 is 2.21 bits per heavy atom. The number of rotatable bonds is 5. The average Bonchev–Trinajstić information content (AvgIpc) is 2.45. The third kappa shape index (κ3) is 4.00. The summed E-state index contributed by atoms with van der Waals surface area (Å²) >= 11 is 0. The van der Waals surface area contributed by atoms with Gasteiger partial charge in [0.2, 0.25) is 0 Å². The molecule has 1 aliphatic rings. The summed E-state index contributed by atoms with van der Waals surface area (Å²) in [7, 11) is 0. The first kappa shape index (κ1) is 14.4. The zero-order valence-electron chi connectivity index (χ0n) is 11.1. The van der Waals surface area contributed by atoms with E-state index >= 15 is 0 Å². The second-order valence-electron chi connectivity index (χ2n) is 5.23. The van der Waals surface area contributed by atoms with Gasteiger partial charge in [-0.3, -0.25) is 4.90 Å². The summed E-state index contributed by atoms with van der Waals surface area (Å²) in [6.07, 6.45) is 3.25. The van der Waals surface area contributed by atoms with Crippen LogP contribution in [0.5, 0.6) is 0 Å². The fourth-order valence-corrected chi connectivity index (χ4v) is 2.73. The highest BCUT2D eigenvalue weighted by atomic mass is 19.1. The van der Waals surface area contributed by atoms with E-state index in [2.05, 4.69) is 4.90 Å². The average molecular weight is 267 g/mol. The number of piperidine rings is 1. The van der Waals surface area contributed by atoms with Gasteiger partial charge in [-0.1, -0.05) is 18.6 Å². The second kappa shape index (κ2) is 6.98. The maximum Gasteiger partial charge on any atom is 0.123 e. The van der Waals surface area contributed by atoms with Crippen LogP contribution in [-0.2, 0) is 0 Å². The molecule has 3 nitrogen and oxygen atoms in total. The number of aliphatic hydroxyl groups is 2. The van der Waals surface area contributed by atoms with Gasteiger partial charge >= 0.3 is 0 Å². The number of benzene rings is 1. The van der Waals surface area contributed by atoms with Crippen molar-refractivity contribution in [3.05, 3.63) is 35.6 Å². The third-order valence-electron chi connectivity index (χ3n) is 3.88. The van der Waals surface area contributed by atoms with Crippen molar-refractivity contribution in [1.29, 1.82) is 0 Å². The Labute approximate surface area is 113 Å². The van der Waals surface area contributed by atoms with Crippen molar-refractivity contribution in [2.45, 2.75) is 37.8 Å². The van der Waals surface area contributed by atoms with Crippen molar-refractivity contribution in [2.75, 3.05) is 19.7 Å². The van der Waals surface area contributed by atoms with E-state index in [1.807, 2.05) is 0 Å². The number of hydrogen-bond acceptors (Lipinski definition) is 3. The highest BCUT2D eigenvalue weighted by Gasteiger charge is 2.22. The molecule has 1 aliphatic heterocycles. The lowest BCUT2D eigenvalue weighted by Crippen LogP contribution is -2.42. The van der Waals surface area contributed by atoms with E-state index in [4.69, 9.17) is 0 Å². The predicted molar refractivity (Wildman–Crippen MR) is 72.3 cm³/mol. The normalized spacial score (nSPS) is 22.4. The van der Waals surface area contributed by atoms with Gasteiger partial charge in [0.1, 0.15) is 5.82 Å². The molecule has 1 fully saturated rings. The molecule has 1 heterocycles. The zero-order valence-corrected chi connectivity index (χ0v) is 11.1. The molecule has 0 saturated carbocycles. The van der Waals surface area contributed by atoms with E-state index in [0.717, 1.165) is 32.4 Å². The van der Waals surface area contributed by atoms with Crippen LogP contribution in [0.15, 0.2) is 24.3 Å². The predicted octanol–water partition coefficient (Wildman–Crippen LogP) is 2.10. The molecule has 19 heavy (non-hydrogen) atoms. The molecular formula is C15H22FNO2. The topological polar surface area (TPSA) is 43.7 Å². The van der Waals surface area contributed by atoms with E-state index in [-0.39, 0.29) is 18.5 Å². The summed E-state index contributed by atoms with van der Waals surface area (Å²) in [5, 5.41) is 19.4. The smallest absolute Gasteiger partial charge is 0.123 e. The zero-order chi connectivity index (χ0) is 13.7. The lowest BCUT2D eigenvalue weighted by Gasteiger charge is -2.35. The molecule has 2 N–H and O–H groups in total. The molecule has 1 aromatic carbocycles. The minimum atomic E-state index is -0.642. The fraction of sp³-hybridized carbons (Fsp3) is 0.600. The lowest BCUT2D eigenvalue weighted by molar-refractivity contribution is 0.0697. The van der Waals surface area contributed by atoms with E-state index in [1.165, 1.54) is 12.1 Å². The lowest BCUT2D eigenvalue weighted by atomic mass is 10.0. The Morgan fingerprint density at radius 1 is 1.37 bits per heavy atom. The highest BCUT2D eigenvalue weighted by Crippen LogP contribution is 2.21. The minimum absolute atomic E-state index is 0.177. The van der Waals surface area contributed by atoms with Gasteiger partial charge in [0.25, 0.3) is 0 Å². The molecule has 0 bridgehead atoms. The molecular weight excluding hydrogens is 245 g/mol. The standard InChI is InChI=1S/C15H22FNO2/c16-13-5-3-4-12(10-13)15(19)7-9-17-8-2-1-6-14(17)11-18/h3-5,10,14-15,18-19H,1-2,6-9,11H2. The SMILES string of the molecule is OCC1CCCCN1CCC(O)c1cccc(F)c1. The van der Waals surface area contributed by atoms with Gasteiger partial charge in [-0.05, 0) is 43.5 Å². The first-order valence-electron chi connectivity index (χ1n) is 6.99. The van der Waals surface area contributed by atoms with Crippen molar-refractivity contribution in [3.8, 4) is 0 Å². The van der Waals surface area contributed by atoms with Crippen LogP contribution in [0.25, 0.3) is 0 Å². The largest absolute Gasteiger partial charge is 0.395 e. The van der Waals surface area contributed by atoms with E-state index in [1.54, 1.807) is 12.1 Å². The van der Waals surface area contributed by atoms with Crippen molar-refractivity contribution >= 4 is 0 Å². The van der Waals surface area contributed by atoms with Crippen molar-refractivity contribution in [1.82, 2.24) is 4.90 Å². The number of nitrogens with zero attached hydrogens (tertiary/aromatic N) is 1. The number of aliphatic hydroxyl groups excluding tert-OH is 2. The van der Waals surface area contributed by atoms with Crippen LogP contribution >= 0.6 is 0 Å². The Balaban J connectivity index is 1.87. The van der Waals surface area contributed by atoms with Gasteiger partial charge in [-0.25, -0.2) is 4.39 Å². The number of hydrogen-bond donors (Lipinski definition) is 2. The molecule has 1 saturated heterocycles. The van der Waals surface area contributed by atoms with Gasteiger partial charge in [-0.2, -0.15) is 0 Å². The summed E-state index contributed by atoms with van der Waals surface area (Å²) in [5.41, 5.74) is 0.623. The molecule has 106 valence electrons. The Bertz CT molecular complexity index is 399. The molecule has 0 aliphatic carbocycles. The van der Waals surface area contributed by atoms with Crippen molar-refractivity contribution in [3.63, 3.8) is 0 Å². The summed E-state index contributed by atoms with van der Waals surface area (Å²) in [5.74, 6) is -0.317. The minimum Gasteiger partial charge on any atom is -0.395 e. The van der Waals surface area contributed by atoms with Gasteiger partial charge in [0, 0.05) is 12.6 Å². The van der Waals surface area contributed by atoms with Crippen LogP contribution in [0.1, 0.15) is 37.4 Å². The maximum atomic E-state index is 13.1. The summed E-state index contributed by atoms with van der Waals surface area (Å²) < 4.78 is 13.1. The monoisotopic (exact) mass is 267 g/mol.